The number of hydrogen-bond acceptors (Lipinski definition) is 1. The Morgan fingerprint density at radius 3 is 2.55 bits per heavy atom. The van der Waals surface area contributed by atoms with Crippen LogP contribution in [0, 0.1) is 5.82 Å². The van der Waals surface area contributed by atoms with Gasteiger partial charge in [-0.15, -0.1) is 0 Å². The molecule has 0 N–H and O–H groups in total. The molecule has 2 nitrogen and oxygen atoms in total. The van der Waals surface area contributed by atoms with Crippen LogP contribution >= 0.6 is 15.9 Å². The van der Waals surface area contributed by atoms with Crippen LogP contribution in [0.1, 0.15) is 5.56 Å². The van der Waals surface area contributed by atoms with Gasteiger partial charge in [0.15, 0.2) is 0 Å². The van der Waals surface area contributed by atoms with Crippen LogP contribution in [0.4, 0.5) is 4.39 Å². The van der Waals surface area contributed by atoms with Crippen LogP contribution in [-0.2, 0) is 6.54 Å². The highest BCUT2D eigenvalue weighted by Gasteiger charge is 2.05. The number of nitrogens with zero attached hydrogens (tertiary/aromatic N) is 2. The van der Waals surface area contributed by atoms with Crippen LogP contribution in [0.2, 0.25) is 0 Å². The maximum absolute atomic E-state index is 12.9. The first-order valence-electron chi connectivity index (χ1n) is 6.24. The topological polar surface area (TPSA) is 17.8 Å². The lowest BCUT2D eigenvalue weighted by atomic mass is 10.1. The van der Waals surface area contributed by atoms with Crippen LogP contribution in [0.5, 0.6) is 0 Å². The third-order valence-corrected chi connectivity index (χ3v) is 3.77. The Morgan fingerprint density at radius 1 is 1.05 bits per heavy atom. The van der Waals surface area contributed by atoms with Gasteiger partial charge in [0.1, 0.15) is 5.82 Å². The lowest BCUT2D eigenvalue weighted by Gasteiger charge is -2.02. The first-order chi connectivity index (χ1) is 9.72. The molecular formula is C16H12BrFN2. The molecular weight excluding hydrogens is 319 g/mol. The van der Waals surface area contributed by atoms with Gasteiger partial charge in [0.25, 0.3) is 0 Å². The maximum atomic E-state index is 12.9. The highest BCUT2D eigenvalue weighted by Crippen LogP contribution is 2.27. The second kappa shape index (κ2) is 5.59. The zero-order valence-corrected chi connectivity index (χ0v) is 12.2. The molecule has 0 aliphatic carbocycles. The average Bonchev–Trinajstić information content (AvgIpc) is 2.90. The predicted octanol–water partition coefficient (Wildman–Crippen LogP) is 4.50. The van der Waals surface area contributed by atoms with E-state index in [2.05, 4.69) is 21.0 Å². The molecule has 20 heavy (non-hydrogen) atoms. The summed E-state index contributed by atoms with van der Waals surface area (Å²) in [5.41, 5.74) is 3.19. The van der Waals surface area contributed by atoms with Gasteiger partial charge in [0.05, 0.1) is 12.7 Å². The molecule has 2 aromatic carbocycles. The van der Waals surface area contributed by atoms with Gasteiger partial charge in [0, 0.05) is 16.2 Å². The van der Waals surface area contributed by atoms with Crippen molar-refractivity contribution >= 4 is 15.9 Å². The third kappa shape index (κ3) is 2.80. The minimum atomic E-state index is -0.219. The zero-order valence-electron chi connectivity index (χ0n) is 10.6. The molecule has 0 bridgehead atoms. The molecule has 0 atom stereocenters. The molecule has 100 valence electrons. The minimum Gasteiger partial charge on any atom is -0.268 e. The van der Waals surface area contributed by atoms with Crippen LogP contribution in [0.25, 0.3) is 11.1 Å². The lowest BCUT2D eigenvalue weighted by Crippen LogP contribution is -1.99. The molecule has 0 radical (unpaired) electrons. The van der Waals surface area contributed by atoms with E-state index in [-0.39, 0.29) is 5.82 Å². The Labute approximate surface area is 125 Å². The van der Waals surface area contributed by atoms with Gasteiger partial charge < -0.3 is 0 Å². The summed E-state index contributed by atoms with van der Waals surface area (Å²) in [7, 11) is 0. The van der Waals surface area contributed by atoms with Gasteiger partial charge in [-0.1, -0.05) is 46.3 Å². The van der Waals surface area contributed by atoms with E-state index >= 15 is 0 Å². The fourth-order valence-corrected chi connectivity index (χ4v) is 2.58. The molecule has 0 saturated carbocycles. The van der Waals surface area contributed by atoms with E-state index in [0.717, 1.165) is 21.2 Å². The predicted molar refractivity (Wildman–Crippen MR) is 80.9 cm³/mol. The molecule has 0 unspecified atom stereocenters. The van der Waals surface area contributed by atoms with Crippen molar-refractivity contribution < 1.29 is 4.39 Å². The van der Waals surface area contributed by atoms with Gasteiger partial charge in [-0.3, -0.25) is 4.68 Å². The van der Waals surface area contributed by atoms with Crippen molar-refractivity contribution in [2.24, 2.45) is 0 Å². The summed E-state index contributed by atoms with van der Waals surface area (Å²) in [6, 6.07) is 14.5. The summed E-state index contributed by atoms with van der Waals surface area (Å²) in [6.45, 7) is 0.630. The number of benzene rings is 2. The van der Waals surface area contributed by atoms with E-state index in [1.54, 1.807) is 12.1 Å². The first-order valence-corrected chi connectivity index (χ1v) is 7.03. The third-order valence-electron chi connectivity index (χ3n) is 3.08. The van der Waals surface area contributed by atoms with Crippen LogP contribution in [0.15, 0.2) is 65.4 Å². The minimum absolute atomic E-state index is 0.219. The SMILES string of the molecule is Fc1ccc(Cn2cc(-c3ccccc3Br)cn2)cc1. The fraction of sp³-hybridized carbons (Fsp3) is 0.0625. The molecule has 1 heterocycles. The Morgan fingerprint density at radius 2 is 1.80 bits per heavy atom. The number of halogens is 2. The van der Waals surface area contributed by atoms with Crippen LogP contribution in [-0.4, -0.2) is 9.78 Å². The van der Waals surface area contributed by atoms with Gasteiger partial charge >= 0.3 is 0 Å². The Hall–Kier alpha value is -1.94. The summed E-state index contributed by atoms with van der Waals surface area (Å²) in [5, 5.41) is 4.35. The first kappa shape index (κ1) is 13.1. The molecule has 1 aromatic heterocycles. The lowest BCUT2D eigenvalue weighted by molar-refractivity contribution is 0.624. The van der Waals surface area contributed by atoms with Gasteiger partial charge in [-0.2, -0.15) is 5.10 Å². The molecule has 0 aliphatic rings. The summed E-state index contributed by atoms with van der Waals surface area (Å²) in [6.07, 6.45) is 3.83. The number of hydrogen-bond donors (Lipinski definition) is 0. The molecule has 0 fully saturated rings. The van der Waals surface area contributed by atoms with Gasteiger partial charge in [0.2, 0.25) is 0 Å². The smallest absolute Gasteiger partial charge is 0.123 e. The second-order valence-corrected chi connectivity index (χ2v) is 5.39. The molecule has 0 aliphatic heterocycles. The Balaban J connectivity index is 1.84. The van der Waals surface area contributed by atoms with Crippen LogP contribution < -0.4 is 0 Å². The fourth-order valence-electron chi connectivity index (χ4n) is 2.06. The van der Waals surface area contributed by atoms with Crippen molar-refractivity contribution in [1.82, 2.24) is 9.78 Å². The van der Waals surface area contributed by atoms with Crippen molar-refractivity contribution in [3.8, 4) is 11.1 Å². The number of aromatic nitrogens is 2. The quantitative estimate of drug-likeness (QED) is 0.691. The maximum Gasteiger partial charge on any atom is 0.123 e. The largest absolute Gasteiger partial charge is 0.268 e. The molecule has 0 amide bonds. The Kier molecular flexibility index (Phi) is 3.65. The summed E-state index contributed by atoms with van der Waals surface area (Å²) < 4.78 is 15.8. The van der Waals surface area contributed by atoms with E-state index in [1.165, 1.54) is 12.1 Å². The van der Waals surface area contributed by atoms with Crippen LogP contribution in [0.3, 0.4) is 0 Å². The molecule has 3 aromatic rings. The van der Waals surface area contributed by atoms with Crippen molar-refractivity contribution in [2.45, 2.75) is 6.54 Å². The van der Waals surface area contributed by atoms with E-state index < -0.39 is 0 Å². The van der Waals surface area contributed by atoms with E-state index in [0.29, 0.717) is 6.54 Å². The normalized spacial score (nSPS) is 10.7. The standard InChI is InChI=1S/C16H12BrFN2/c17-16-4-2-1-3-15(16)13-9-19-20(11-13)10-12-5-7-14(18)8-6-12/h1-9,11H,10H2. The highest BCUT2D eigenvalue weighted by molar-refractivity contribution is 9.10. The summed E-state index contributed by atoms with van der Waals surface area (Å²) in [4.78, 5) is 0. The summed E-state index contributed by atoms with van der Waals surface area (Å²) >= 11 is 3.54. The molecule has 3 rings (SSSR count). The van der Waals surface area contributed by atoms with Gasteiger partial charge in [-0.05, 0) is 29.3 Å². The van der Waals surface area contributed by atoms with Crippen molar-refractivity contribution in [1.29, 1.82) is 0 Å². The zero-order chi connectivity index (χ0) is 13.9. The summed E-state index contributed by atoms with van der Waals surface area (Å²) in [5.74, 6) is -0.219. The van der Waals surface area contributed by atoms with E-state index in [1.807, 2.05) is 41.3 Å². The van der Waals surface area contributed by atoms with E-state index in [4.69, 9.17) is 0 Å². The monoisotopic (exact) mass is 330 g/mol. The van der Waals surface area contributed by atoms with E-state index in [9.17, 15) is 4.39 Å². The van der Waals surface area contributed by atoms with Gasteiger partial charge in [-0.25, -0.2) is 4.39 Å². The van der Waals surface area contributed by atoms with Crippen molar-refractivity contribution in [3.63, 3.8) is 0 Å². The van der Waals surface area contributed by atoms with Crippen molar-refractivity contribution in [3.05, 3.63) is 76.8 Å². The second-order valence-electron chi connectivity index (χ2n) is 4.53. The number of rotatable bonds is 3. The average molecular weight is 331 g/mol. The highest BCUT2D eigenvalue weighted by atomic mass is 79.9. The van der Waals surface area contributed by atoms with Crippen molar-refractivity contribution in [2.75, 3.05) is 0 Å². The molecule has 0 spiro atoms. The molecule has 4 heteroatoms. The molecule has 0 saturated heterocycles. The Bertz CT molecular complexity index is 719.